The van der Waals surface area contributed by atoms with Crippen LogP contribution in [0.15, 0.2) is 47.4 Å². The number of aliphatic hydroxyl groups is 2. The van der Waals surface area contributed by atoms with Crippen LogP contribution in [-0.2, 0) is 20.8 Å². The minimum atomic E-state index is -1.13. The number of fused-ring (bicyclic) bond motifs is 3. The van der Waals surface area contributed by atoms with E-state index in [2.05, 4.69) is 4.98 Å². The highest BCUT2D eigenvalue weighted by molar-refractivity contribution is 6.21. The second kappa shape index (κ2) is 7.97. The number of primary amides is 1. The van der Waals surface area contributed by atoms with Crippen LogP contribution < -0.4 is 10.6 Å². The number of phenols is 1. The van der Waals surface area contributed by atoms with Gasteiger partial charge in [0.2, 0.25) is 0 Å². The fourth-order valence-corrected chi connectivity index (χ4v) is 5.72. The van der Waals surface area contributed by atoms with Crippen molar-refractivity contribution in [3.8, 4) is 16.9 Å². The molecule has 3 unspecified atom stereocenters. The van der Waals surface area contributed by atoms with E-state index in [1.54, 1.807) is 12.3 Å². The Bertz CT molecular complexity index is 1360. The molecule has 180 valence electrons. The van der Waals surface area contributed by atoms with E-state index in [0.717, 1.165) is 16.9 Å². The maximum absolute atomic E-state index is 13.5. The Labute approximate surface area is 201 Å². The Morgan fingerprint density at radius 3 is 2.46 bits per heavy atom. The number of anilines is 1. The lowest BCUT2D eigenvalue weighted by Gasteiger charge is -2.41. The van der Waals surface area contributed by atoms with Crippen molar-refractivity contribution in [1.82, 2.24) is 4.98 Å². The maximum Gasteiger partial charge on any atom is 0.255 e. The summed E-state index contributed by atoms with van der Waals surface area (Å²) >= 11 is 0. The summed E-state index contributed by atoms with van der Waals surface area (Å²) in [6, 6.07) is 6.99. The number of rotatable bonds is 3. The lowest BCUT2D eigenvalue weighted by molar-refractivity contribution is -0.127. The van der Waals surface area contributed by atoms with E-state index in [9.17, 15) is 29.7 Å². The Kier molecular flexibility index (Phi) is 5.16. The molecule has 0 bridgehead atoms. The molecule has 9 heteroatoms. The molecule has 2 aromatic rings. The zero-order valence-electron chi connectivity index (χ0n) is 19.3. The molecule has 1 aromatic carbocycles. The van der Waals surface area contributed by atoms with Gasteiger partial charge in [-0.2, -0.15) is 0 Å². The summed E-state index contributed by atoms with van der Waals surface area (Å²) in [4.78, 5) is 44.0. The van der Waals surface area contributed by atoms with E-state index in [1.165, 1.54) is 6.07 Å². The predicted molar refractivity (Wildman–Crippen MR) is 127 cm³/mol. The standard InChI is InChI=1S/C26H25N3O6/c1-29(2)18-6-3-11(10-28-18)14-4-5-16(30)21-15(14)8-12-7-13-9-17(31)22(26(27)35)25(34)20(13)23(32)19(12)24(21)33/h3-6,10,12-13,20,30,33-34H,7-9H2,1-2H3,(H2,27,35). The van der Waals surface area contributed by atoms with Crippen molar-refractivity contribution in [2.45, 2.75) is 19.3 Å². The number of aromatic hydroxyl groups is 1. The summed E-state index contributed by atoms with van der Waals surface area (Å²) in [5.41, 5.74) is 7.23. The number of carbonyl (C=O) groups excluding carboxylic acids is 3. The highest BCUT2D eigenvalue weighted by Crippen LogP contribution is 2.51. The smallest absolute Gasteiger partial charge is 0.255 e. The summed E-state index contributed by atoms with van der Waals surface area (Å²) < 4.78 is 0. The number of aliphatic hydroxyl groups excluding tert-OH is 2. The fourth-order valence-electron chi connectivity index (χ4n) is 5.72. The van der Waals surface area contributed by atoms with Crippen LogP contribution in [0.2, 0.25) is 0 Å². The second-order valence-electron chi connectivity index (χ2n) is 9.54. The molecular weight excluding hydrogens is 450 g/mol. The summed E-state index contributed by atoms with van der Waals surface area (Å²) in [5, 5.41) is 32.5. The number of carbonyl (C=O) groups is 3. The molecular formula is C26H25N3O6. The number of phenolic OH excluding ortho intramolecular Hbond substituents is 1. The lowest BCUT2D eigenvalue weighted by atomic mass is 9.61. The lowest BCUT2D eigenvalue weighted by Crippen LogP contribution is -2.44. The maximum atomic E-state index is 13.5. The topological polar surface area (TPSA) is 154 Å². The SMILES string of the molecule is CN(C)c1ccc(-c2ccc(O)c3c2CC2CC4CC(=O)C(C(N)=O)=C(O)C4C(=O)C2=C3O)cn1. The highest BCUT2D eigenvalue weighted by atomic mass is 16.3. The molecule has 1 saturated carbocycles. The van der Waals surface area contributed by atoms with Gasteiger partial charge in [0, 0.05) is 37.8 Å². The molecule has 0 saturated heterocycles. The van der Waals surface area contributed by atoms with Gasteiger partial charge in [-0.05, 0) is 54.0 Å². The van der Waals surface area contributed by atoms with E-state index in [4.69, 9.17) is 5.73 Å². The number of hydrogen-bond acceptors (Lipinski definition) is 8. The van der Waals surface area contributed by atoms with Crippen LogP contribution in [0.3, 0.4) is 0 Å². The molecule has 5 rings (SSSR count). The summed E-state index contributed by atoms with van der Waals surface area (Å²) in [6.45, 7) is 0. The van der Waals surface area contributed by atoms with Crippen LogP contribution in [0, 0.1) is 17.8 Å². The van der Waals surface area contributed by atoms with Crippen LogP contribution in [-0.4, -0.2) is 51.9 Å². The van der Waals surface area contributed by atoms with Crippen molar-refractivity contribution in [2.75, 3.05) is 19.0 Å². The summed E-state index contributed by atoms with van der Waals surface area (Å²) in [5.74, 6) is -4.63. The number of benzene rings is 1. The third-order valence-electron chi connectivity index (χ3n) is 7.29. The zero-order chi connectivity index (χ0) is 25.2. The Morgan fingerprint density at radius 2 is 1.83 bits per heavy atom. The zero-order valence-corrected chi connectivity index (χ0v) is 19.3. The van der Waals surface area contributed by atoms with Crippen LogP contribution in [0.5, 0.6) is 5.75 Å². The molecule has 0 aliphatic heterocycles. The molecule has 0 radical (unpaired) electrons. The first-order valence-corrected chi connectivity index (χ1v) is 11.3. The fraction of sp³-hybridized carbons (Fsp3) is 0.308. The predicted octanol–water partition coefficient (Wildman–Crippen LogP) is 2.44. The highest BCUT2D eigenvalue weighted by Gasteiger charge is 2.50. The molecule has 9 nitrogen and oxygen atoms in total. The van der Waals surface area contributed by atoms with Gasteiger partial charge in [0.05, 0.1) is 11.5 Å². The number of aromatic nitrogens is 1. The molecule has 3 aliphatic carbocycles. The summed E-state index contributed by atoms with van der Waals surface area (Å²) in [7, 11) is 3.77. The van der Waals surface area contributed by atoms with Crippen molar-refractivity contribution in [1.29, 1.82) is 0 Å². The number of Topliss-reactive ketones (excluding diaryl/α,β-unsaturated/α-hetero) is 2. The number of hydrogen-bond donors (Lipinski definition) is 4. The third kappa shape index (κ3) is 3.38. The molecule has 5 N–H and O–H groups in total. The Balaban J connectivity index is 1.63. The molecule has 1 heterocycles. The number of nitrogens with zero attached hydrogens (tertiary/aromatic N) is 2. The molecule has 1 aromatic heterocycles. The number of ketones is 2. The van der Waals surface area contributed by atoms with Crippen molar-refractivity contribution in [3.63, 3.8) is 0 Å². The van der Waals surface area contributed by atoms with Gasteiger partial charge in [-0.1, -0.05) is 6.07 Å². The quantitative estimate of drug-likeness (QED) is 0.494. The Hall–Kier alpha value is -4.14. The minimum absolute atomic E-state index is 0.0844. The second-order valence-corrected chi connectivity index (χ2v) is 9.54. The minimum Gasteiger partial charge on any atom is -0.511 e. The van der Waals surface area contributed by atoms with E-state index in [1.807, 2.05) is 31.1 Å². The number of amides is 1. The first-order chi connectivity index (χ1) is 16.6. The largest absolute Gasteiger partial charge is 0.511 e. The van der Waals surface area contributed by atoms with E-state index in [0.29, 0.717) is 18.4 Å². The molecule has 0 spiro atoms. The van der Waals surface area contributed by atoms with E-state index < -0.39 is 46.6 Å². The molecule has 3 atom stereocenters. The van der Waals surface area contributed by atoms with Gasteiger partial charge in [0.15, 0.2) is 11.6 Å². The summed E-state index contributed by atoms with van der Waals surface area (Å²) in [6.07, 6.45) is 2.33. The van der Waals surface area contributed by atoms with Gasteiger partial charge in [-0.3, -0.25) is 14.4 Å². The van der Waals surface area contributed by atoms with Gasteiger partial charge in [0.25, 0.3) is 5.91 Å². The van der Waals surface area contributed by atoms with Crippen molar-refractivity contribution < 1.29 is 29.7 Å². The number of allylic oxidation sites excluding steroid dienone is 2. The first kappa shape index (κ1) is 22.6. The first-order valence-electron chi connectivity index (χ1n) is 11.3. The Morgan fingerprint density at radius 1 is 1.09 bits per heavy atom. The average Bonchev–Trinajstić information content (AvgIpc) is 2.78. The van der Waals surface area contributed by atoms with Gasteiger partial charge < -0.3 is 26.0 Å². The van der Waals surface area contributed by atoms with Gasteiger partial charge in [-0.25, -0.2) is 4.98 Å². The van der Waals surface area contributed by atoms with Crippen molar-refractivity contribution in [3.05, 3.63) is 58.5 Å². The number of pyridine rings is 1. The molecule has 1 amide bonds. The van der Waals surface area contributed by atoms with Crippen molar-refractivity contribution in [2.24, 2.45) is 23.5 Å². The van der Waals surface area contributed by atoms with E-state index >= 15 is 0 Å². The third-order valence-corrected chi connectivity index (χ3v) is 7.29. The normalized spacial score (nSPS) is 23.5. The monoisotopic (exact) mass is 475 g/mol. The van der Waals surface area contributed by atoms with Gasteiger partial charge >= 0.3 is 0 Å². The van der Waals surface area contributed by atoms with Gasteiger partial charge in [-0.15, -0.1) is 0 Å². The number of nitrogens with two attached hydrogens (primary N) is 1. The van der Waals surface area contributed by atoms with Crippen LogP contribution in [0.25, 0.3) is 16.9 Å². The van der Waals surface area contributed by atoms with Crippen LogP contribution >= 0.6 is 0 Å². The molecule has 1 fully saturated rings. The van der Waals surface area contributed by atoms with Crippen LogP contribution in [0.1, 0.15) is 24.0 Å². The van der Waals surface area contributed by atoms with Crippen LogP contribution in [0.4, 0.5) is 5.82 Å². The van der Waals surface area contributed by atoms with Gasteiger partial charge in [0.1, 0.15) is 28.7 Å². The average molecular weight is 476 g/mol. The van der Waals surface area contributed by atoms with Crippen molar-refractivity contribution >= 4 is 29.1 Å². The molecule has 35 heavy (non-hydrogen) atoms. The van der Waals surface area contributed by atoms with E-state index in [-0.39, 0.29) is 29.1 Å². The molecule has 3 aliphatic rings.